The maximum absolute atomic E-state index is 11.7. The molecule has 1 aromatic rings. The lowest BCUT2D eigenvalue weighted by molar-refractivity contribution is -0.121. The summed E-state index contributed by atoms with van der Waals surface area (Å²) in [6.07, 6.45) is 0.864. The van der Waals surface area contributed by atoms with Gasteiger partial charge in [0.1, 0.15) is 5.78 Å². The van der Waals surface area contributed by atoms with Gasteiger partial charge in [-0.05, 0) is 23.8 Å². The van der Waals surface area contributed by atoms with Crippen LogP contribution >= 0.6 is 11.3 Å². The van der Waals surface area contributed by atoms with Crippen molar-refractivity contribution in [2.24, 2.45) is 11.8 Å². The maximum Gasteiger partial charge on any atom is 0.139 e. The highest BCUT2D eigenvalue weighted by molar-refractivity contribution is 7.09. The summed E-state index contributed by atoms with van der Waals surface area (Å²) in [4.78, 5) is 12.9. The summed E-state index contributed by atoms with van der Waals surface area (Å²) in [6, 6.07) is 4.00. The summed E-state index contributed by atoms with van der Waals surface area (Å²) >= 11 is 1.65. The van der Waals surface area contributed by atoms with Crippen LogP contribution in [0.2, 0.25) is 6.32 Å². The van der Waals surface area contributed by atoms with Gasteiger partial charge >= 0.3 is 0 Å². The van der Waals surface area contributed by atoms with E-state index in [1.54, 1.807) is 11.3 Å². The summed E-state index contributed by atoms with van der Waals surface area (Å²) in [5, 5.41) is 11.7. The summed E-state index contributed by atoms with van der Waals surface area (Å²) in [7, 11) is 5.60. The van der Waals surface area contributed by atoms with Crippen molar-refractivity contribution < 1.29 is 9.90 Å². The molecule has 1 N–H and O–H groups in total. The first-order chi connectivity index (χ1) is 7.22. The molecule has 2 rings (SSSR count). The summed E-state index contributed by atoms with van der Waals surface area (Å²) in [6.45, 7) is 0. The van der Waals surface area contributed by atoms with E-state index in [2.05, 4.69) is 0 Å². The van der Waals surface area contributed by atoms with E-state index in [4.69, 9.17) is 7.85 Å². The molecule has 3 atom stereocenters. The van der Waals surface area contributed by atoms with Crippen LogP contribution in [0.5, 0.6) is 0 Å². The van der Waals surface area contributed by atoms with Crippen LogP contribution in [0.4, 0.5) is 0 Å². The number of aliphatic hydroxyl groups is 1. The lowest BCUT2D eigenvalue weighted by Gasteiger charge is -2.18. The smallest absolute Gasteiger partial charge is 0.139 e. The summed E-state index contributed by atoms with van der Waals surface area (Å²) in [5.41, 5.74) is 0. The molecule has 4 heteroatoms. The van der Waals surface area contributed by atoms with Crippen LogP contribution < -0.4 is 0 Å². The molecule has 0 aromatic carbocycles. The summed E-state index contributed by atoms with van der Waals surface area (Å²) < 4.78 is 0. The van der Waals surface area contributed by atoms with Gasteiger partial charge < -0.3 is 5.11 Å². The van der Waals surface area contributed by atoms with E-state index in [1.807, 2.05) is 17.5 Å². The predicted octanol–water partition coefficient (Wildman–Crippen LogP) is 1.44. The van der Waals surface area contributed by atoms with Gasteiger partial charge in [-0.1, -0.05) is 12.4 Å². The van der Waals surface area contributed by atoms with Crippen molar-refractivity contribution in [3.05, 3.63) is 22.4 Å². The molecule has 15 heavy (non-hydrogen) atoms. The van der Waals surface area contributed by atoms with E-state index in [-0.39, 0.29) is 24.0 Å². The topological polar surface area (TPSA) is 37.3 Å². The molecule has 0 aliphatic heterocycles. The van der Waals surface area contributed by atoms with Gasteiger partial charge in [-0.15, -0.1) is 11.3 Å². The second-order valence-electron chi connectivity index (χ2n) is 4.03. The molecule has 0 bridgehead atoms. The van der Waals surface area contributed by atoms with E-state index in [0.29, 0.717) is 6.32 Å². The van der Waals surface area contributed by atoms with E-state index >= 15 is 0 Å². The minimum atomic E-state index is -0.535. The number of rotatable bonds is 3. The molecule has 1 aliphatic rings. The molecule has 2 nitrogen and oxygen atoms in total. The van der Waals surface area contributed by atoms with Gasteiger partial charge in [-0.2, -0.15) is 0 Å². The van der Waals surface area contributed by atoms with Crippen molar-refractivity contribution in [3.63, 3.8) is 0 Å². The minimum absolute atomic E-state index is 0.0559. The van der Waals surface area contributed by atoms with Crippen LogP contribution in [0.25, 0.3) is 0 Å². The molecular weight excluding hydrogens is 207 g/mol. The molecule has 0 saturated heterocycles. The van der Waals surface area contributed by atoms with Crippen molar-refractivity contribution in [1.82, 2.24) is 0 Å². The molecule has 0 spiro atoms. The zero-order valence-corrected chi connectivity index (χ0v) is 9.24. The van der Waals surface area contributed by atoms with Gasteiger partial charge in [0.05, 0.1) is 14.0 Å². The highest BCUT2D eigenvalue weighted by Gasteiger charge is 2.39. The lowest BCUT2D eigenvalue weighted by Crippen LogP contribution is -2.21. The van der Waals surface area contributed by atoms with Crippen molar-refractivity contribution >= 4 is 25.0 Å². The van der Waals surface area contributed by atoms with Crippen LogP contribution in [0.1, 0.15) is 11.3 Å². The number of thiophene rings is 1. The number of hydrogen-bond acceptors (Lipinski definition) is 3. The van der Waals surface area contributed by atoms with Gasteiger partial charge in [0.2, 0.25) is 0 Å². The van der Waals surface area contributed by atoms with Gasteiger partial charge in [0, 0.05) is 17.2 Å². The largest absolute Gasteiger partial charge is 0.392 e. The van der Waals surface area contributed by atoms with Gasteiger partial charge in [0.25, 0.3) is 0 Å². The molecule has 2 radical (unpaired) electrons. The molecule has 1 aromatic heterocycles. The number of carbonyl (C=O) groups excluding carboxylic acids is 1. The molecule has 1 saturated carbocycles. The van der Waals surface area contributed by atoms with Gasteiger partial charge in [-0.25, -0.2) is 0 Å². The fraction of sp³-hybridized carbons (Fsp3) is 0.545. The molecule has 78 valence electrons. The number of carbonyl (C=O) groups is 1. The first kappa shape index (κ1) is 10.9. The Balaban J connectivity index is 2.10. The predicted molar refractivity (Wildman–Crippen MR) is 61.2 cm³/mol. The fourth-order valence-electron chi connectivity index (χ4n) is 2.25. The Morgan fingerprint density at radius 3 is 3.00 bits per heavy atom. The fourth-order valence-corrected chi connectivity index (χ4v) is 3.01. The third-order valence-corrected chi connectivity index (χ3v) is 4.01. The van der Waals surface area contributed by atoms with Crippen LogP contribution in [0.3, 0.4) is 0 Å². The third-order valence-electron chi connectivity index (χ3n) is 3.11. The first-order valence-corrected chi connectivity index (χ1v) is 6.03. The number of ketones is 1. The normalized spacial score (nSPS) is 31.0. The van der Waals surface area contributed by atoms with E-state index in [0.717, 1.165) is 6.42 Å². The molecule has 3 unspecified atom stereocenters. The van der Waals surface area contributed by atoms with Crippen LogP contribution in [-0.2, 0) is 11.2 Å². The molecular formula is C11H13BO2S. The average molecular weight is 220 g/mol. The van der Waals surface area contributed by atoms with Crippen molar-refractivity contribution in [2.75, 3.05) is 0 Å². The summed E-state index contributed by atoms with van der Waals surface area (Å²) in [5.74, 6) is 0.0228. The highest BCUT2D eigenvalue weighted by Crippen LogP contribution is 2.34. The average Bonchev–Trinajstić information content (AvgIpc) is 2.77. The van der Waals surface area contributed by atoms with Crippen molar-refractivity contribution in [2.45, 2.75) is 25.3 Å². The van der Waals surface area contributed by atoms with Crippen LogP contribution in [-0.4, -0.2) is 24.8 Å². The van der Waals surface area contributed by atoms with Gasteiger partial charge in [-0.3, -0.25) is 4.79 Å². The Kier molecular flexibility index (Phi) is 3.27. The third kappa shape index (κ3) is 2.16. The Morgan fingerprint density at radius 2 is 2.40 bits per heavy atom. The van der Waals surface area contributed by atoms with E-state index in [9.17, 15) is 9.90 Å². The molecule has 0 amide bonds. The second kappa shape index (κ2) is 4.50. The molecule has 1 aliphatic carbocycles. The van der Waals surface area contributed by atoms with Gasteiger partial charge in [0.15, 0.2) is 0 Å². The SMILES string of the molecule is [B]CC1C(O)CC(=O)C1Cc1cccs1. The Morgan fingerprint density at radius 1 is 1.60 bits per heavy atom. The monoisotopic (exact) mass is 220 g/mol. The Labute approximate surface area is 94.7 Å². The van der Waals surface area contributed by atoms with Crippen LogP contribution in [0.15, 0.2) is 17.5 Å². The zero-order chi connectivity index (χ0) is 10.8. The number of Topliss-reactive ketones (excluding diaryl/α,β-unsaturated/α-hetero) is 1. The van der Waals surface area contributed by atoms with E-state index in [1.165, 1.54) is 4.88 Å². The number of hydrogen-bond donors (Lipinski definition) is 1. The Bertz CT molecular complexity index is 336. The maximum atomic E-state index is 11.7. The first-order valence-electron chi connectivity index (χ1n) is 5.15. The zero-order valence-electron chi connectivity index (χ0n) is 8.43. The van der Waals surface area contributed by atoms with Crippen molar-refractivity contribution in [3.8, 4) is 0 Å². The van der Waals surface area contributed by atoms with Crippen molar-refractivity contribution in [1.29, 1.82) is 0 Å². The highest BCUT2D eigenvalue weighted by atomic mass is 32.1. The van der Waals surface area contributed by atoms with E-state index < -0.39 is 6.10 Å². The second-order valence-corrected chi connectivity index (χ2v) is 5.06. The minimum Gasteiger partial charge on any atom is -0.392 e. The quantitative estimate of drug-likeness (QED) is 0.782. The van der Waals surface area contributed by atoms with Crippen LogP contribution in [0, 0.1) is 11.8 Å². The lowest BCUT2D eigenvalue weighted by atomic mass is 9.81. The molecule has 1 heterocycles. The standard InChI is InChI=1S/C11H13BO2S/c12-6-9-8(10(13)5-11(9)14)4-7-2-1-3-15-7/h1-3,8-9,11,14H,4-6H2. The number of aliphatic hydroxyl groups excluding tert-OH is 1. The Hall–Kier alpha value is -0.605. The molecule has 1 fully saturated rings.